The fourth-order valence-corrected chi connectivity index (χ4v) is 4.19. The van der Waals surface area contributed by atoms with Crippen LogP contribution in [0.15, 0.2) is 26.6 Å². The zero-order chi connectivity index (χ0) is 16.4. The van der Waals surface area contributed by atoms with Crippen LogP contribution in [0.2, 0.25) is 0 Å². The summed E-state index contributed by atoms with van der Waals surface area (Å²) in [7, 11) is 0. The Morgan fingerprint density at radius 3 is 2.83 bits per heavy atom. The molecule has 1 saturated heterocycles. The molecule has 7 heteroatoms. The van der Waals surface area contributed by atoms with E-state index in [9.17, 15) is 4.79 Å². The molecule has 0 spiro atoms. The molecule has 1 amide bonds. The molecule has 0 aliphatic carbocycles. The molecule has 1 aliphatic rings. The third-order valence-electron chi connectivity index (χ3n) is 3.90. The molecule has 0 saturated carbocycles. The Hall–Kier alpha value is -1.18. The number of halogens is 1. The van der Waals surface area contributed by atoms with Crippen molar-refractivity contribution in [2.45, 2.75) is 26.8 Å². The summed E-state index contributed by atoms with van der Waals surface area (Å²) in [6, 6.07) is 3.32. The fraction of sp³-hybridized carbons (Fsp3) is 0.500. The van der Waals surface area contributed by atoms with Gasteiger partial charge in [-0.25, -0.2) is 4.98 Å². The van der Waals surface area contributed by atoms with E-state index in [-0.39, 0.29) is 11.7 Å². The van der Waals surface area contributed by atoms with E-state index in [0.29, 0.717) is 9.80 Å². The molecule has 23 heavy (non-hydrogen) atoms. The Labute approximate surface area is 148 Å². The maximum Gasteiger partial charge on any atom is 0.293 e. The minimum absolute atomic E-state index is 0.271. The number of carbonyl (C=O) groups excluding carboxylic acids is 1. The topological polar surface area (TPSA) is 58.4 Å². The Morgan fingerprint density at radius 2 is 2.17 bits per heavy atom. The van der Waals surface area contributed by atoms with Crippen molar-refractivity contribution in [3.05, 3.63) is 33.6 Å². The largest absolute Gasteiger partial charge is 0.444 e. The molecular formula is C16H20BrN3O2S. The highest BCUT2D eigenvalue weighted by molar-refractivity contribution is 9.10. The smallest absolute Gasteiger partial charge is 0.293 e. The number of nitrogens with zero attached hydrogens (tertiary/aromatic N) is 2. The zero-order valence-electron chi connectivity index (χ0n) is 13.2. The molecule has 1 N–H and O–H groups in total. The van der Waals surface area contributed by atoms with Crippen molar-refractivity contribution in [1.82, 2.24) is 9.88 Å². The molecule has 0 bridgehead atoms. The molecule has 2 atom stereocenters. The number of thiazole rings is 1. The number of aromatic nitrogens is 1. The average Bonchev–Trinajstić information content (AvgIpc) is 3.07. The van der Waals surface area contributed by atoms with Crippen LogP contribution in [-0.4, -0.2) is 28.9 Å². The number of furan rings is 1. The molecule has 0 radical (unpaired) electrons. The lowest BCUT2D eigenvalue weighted by Gasteiger charge is -2.34. The first-order valence-electron chi connectivity index (χ1n) is 7.73. The maximum atomic E-state index is 12.0. The van der Waals surface area contributed by atoms with Crippen molar-refractivity contribution >= 4 is 38.3 Å². The van der Waals surface area contributed by atoms with E-state index >= 15 is 0 Å². The van der Waals surface area contributed by atoms with Gasteiger partial charge in [0, 0.05) is 25.0 Å². The van der Waals surface area contributed by atoms with Crippen LogP contribution >= 0.6 is 27.3 Å². The standard InChI is InChI=1S/C16H20BrN3O2S/c1-10-5-11(2)7-20(6-10)8-12-9-23-16(18-12)19-15(21)13-3-4-14(17)22-13/h3-4,9-11H,5-8H2,1-2H3,(H,18,19,21)/t10-,11-/m1/s1. The summed E-state index contributed by atoms with van der Waals surface area (Å²) in [5, 5.41) is 5.40. The summed E-state index contributed by atoms with van der Waals surface area (Å²) >= 11 is 4.64. The Kier molecular flexibility index (Phi) is 5.18. The van der Waals surface area contributed by atoms with Gasteiger partial charge in [0.1, 0.15) is 0 Å². The van der Waals surface area contributed by atoms with E-state index in [1.54, 1.807) is 12.1 Å². The van der Waals surface area contributed by atoms with Gasteiger partial charge in [0.15, 0.2) is 15.6 Å². The number of hydrogen-bond donors (Lipinski definition) is 1. The number of anilines is 1. The van der Waals surface area contributed by atoms with E-state index in [1.807, 2.05) is 5.38 Å². The van der Waals surface area contributed by atoms with E-state index in [4.69, 9.17) is 4.42 Å². The van der Waals surface area contributed by atoms with Crippen molar-refractivity contribution in [2.24, 2.45) is 11.8 Å². The van der Waals surface area contributed by atoms with Crippen LogP contribution in [-0.2, 0) is 6.54 Å². The predicted octanol–water partition coefficient (Wildman–Crippen LogP) is 4.23. The first-order valence-corrected chi connectivity index (χ1v) is 9.40. The molecule has 1 fully saturated rings. The van der Waals surface area contributed by atoms with E-state index in [1.165, 1.54) is 17.8 Å². The van der Waals surface area contributed by atoms with Crippen molar-refractivity contribution < 1.29 is 9.21 Å². The number of nitrogens with one attached hydrogen (secondary N) is 1. The van der Waals surface area contributed by atoms with Gasteiger partial charge in [-0.05, 0) is 46.3 Å². The second kappa shape index (κ2) is 7.15. The van der Waals surface area contributed by atoms with Crippen LogP contribution in [0.3, 0.4) is 0 Å². The zero-order valence-corrected chi connectivity index (χ0v) is 15.6. The van der Waals surface area contributed by atoms with Gasteiger partial charge in [-0.1, -0.05) is 13.8 Å². The van der Waals surface area contributed by atoms with Crippen LogP contribution in [0.5, 0.6) is 0 Å². The normalized spacial score (nSPS) is 22.2. The number of rotatable bonds is 4. The van der Waals surface area contributed by atoms with E-state index in [0.717, 1.165) is 37.2 Å². The summed E-state index contributed by atoms with van der Waals surface area (Å²) in [5.41, 5.74) is 1.01. The van der Waals surface area contributed by atoms with Gasteiger partial charge in [0.05, 0.1) is 5.69 Å². The van der Waals surface area contributed by atoms with Gasteiger partial charge >= 0.3 is 0 Å². The molecule has 1 aliphatic heterocycles. The molecule has 2 aromatic rings. The molecule has 5 nitrogen and oxygen atoms in total. The molecule has 0 unspecified atom stereocenters. The monoisotopic (exact) mass is 397 g/mol. The molecule has 0 aromatic carbocycles. The molecule has 2 aromatic heterocycles. The summed E-state index contributed by atoms with van der Waals surface area (Å²) in [4.78, 5) is 19.0. The van der Waals surface area contributed by atoms with Crippen LogP contribution in [0.4, 0.5) is 5.13 Å². The summed E-state index contributed by atoms with van der Waals surface area (Å²) < 4.78 is 5.78. The lowest BCUT2D eigenvalue weighted by molar-refractivity contribution is 0.0995. The second-order valence-corrected chi connectivity index (χ2v) is 7.98. The third-order valence-corrected chi connectivity index (χ3v) is 5.13. The van der Waals surface area contributed by atoms with Crippen LogP contribution in [0.1, 0.15) is 36.5 Å². The minimum Gasteiger partial charge on any atom is -0.444 e. The van der Waals surface area contributed by atoms with Crippen molar-refractivity contribution in [1.29, 1.82) is 0 Å². The lowest BCUT2D eigenvalue weighted by atomic mass is 9.92. The number of hydrogen-bond acceptors (Lipinski definition) is 5. The highest BCUT2D eigenvalue weighted by atomic mass is 79.9. The van der Waals surface area contributed by atoms with Crippen molar-refractivity contribution in [3.8, 4) is 0 Å². The summed E-state index contributed by atoms with van der Waals surface area (Å²) in [5.74, 6) is 1.45. The number of likely N-dealkylation sites (tertiary alicyclic amines) is 1. The van der Waals surface area contributed by atoms with Gasteiger partial charge in [-0.15, -0.1) is 11.3 Å². The Bertz CT molecular complexity index is 674. The van der Waals surface area contributed by atoms with E-state index < -0.39 is 0 Å². The Balaban J connectivity index is 1.58. The number of piperidine rings is 1. The lowest BCUT2D eigenvalue weighted by Crippen LogP contribution is -2.38. The van der Waals surface area contributed by atoms with E-state index in [2.05, 4.69) is 45.0 Å². The Morgan fingerprint density at radius 1 is 1.43 bits per heavy atom. The molecular weight excluding hydrogens is 378 g/mol. The van der Waals surface area contributed by atoms with Gasteiger partial charge in [0.2, 0.25) is 0 Å². The summed E-state index contributed by atoms with van der Waals surface area (Å²) in [6.45, 7) is 7.68. The molecule has 3 rings (SSSR count). The van der Waals surface area contributed by atoms with Gasteiger partial charge in [-0.2, -0.15) is 0 Å². The fourth-order valence-electron chi connectivity index (χ4n) is 3.18. The van der Waals surface area contributed by atoms with Crippen molar-refractivity contribution in [3.63, 3.8) is 0 Å². The van der Waals surface area contributed by atoms with Crippen LogP contribution < -0.4 is 5.32 Å². The van der Waals surface area contributed by atoms with Gasteiger partial charge < -0.3 is 4.42 Å². The summed E-state index contributed by atoms with van der Waals surface area (Å²) in [6.07, 6.45) is 1.30. The molecule has 3 heterocycles. The van der Waals surface area contributed by atoms with Crippen LogP contribution in [0.25, 0.3) is 0 Å². The second-order valence-electron chi connectivity index (χ2n) is 6.34. The van der Waals surface area contributed by atoms with Gasteiger partial charge in [-0.3, -0.25) is 15.0 Å². The average molecular weight is 398 g/mol. The maximum absolute atomic E-state index is 12.0. The quantitative estimate of drug-likeness (QED) is 0.838. The number of amides is 1. The number of carbonyl (C=O) groups is 1. The highest BCUT2D eigenvalue weighted by Gasteiger charge is 2.22. The first-order chi connectivity index (χ1) is 11.0. The predicted molar refractivity (Wildman–Crippen MR) is 94.7 cm³/mol. The van der Waals surface area contributed by atoms with Gasteiger partial charge in [0.25, 0.3) is 5.91 Å². The highest BCUT2D eigenvalue weighted by Crippen LogP contribution is 2.24. The SMILES string of the molecule is C[C@@H]1C[C@@H](C)CN(Cc2csc(NC(=O)c3ccc(Br)o3)n2)C1. The minimum atomic E-state index is -0.281. The van der Waals surface area contributed by atoms with Crippen molar-refractivity contribution in [2.75, 3.05) is 18.4 Å². The first kappa shape index (κ1) is 16.7. The third kappa shape index (κ3) is 4.43. The van der Waals surface area contributed by atoms with Crippen LogP contribution in [0, 0.1) is 11.8 Å². The molecule has 124 valence electrons.